The average Bonchev–Trinajstić information content (AvgIpc) is 2.32. The number of hydrogen-bond acceptors (Lipinski definition) is 2. The number of rotatable bonds is 2. The molecule has 18 heavy (non-hydrogen) atoms. The Labute approximate surface area is 108 Å². The summed E-state index contributed by atoms with van der Waals surface area (Å²) in [6.07, 6.45) is 1.23. The van der Waals surface area contributed by atoms with Crippen LogP contribution in [0.4, 0.5) is 0 Å². The fraction of sp³-hybridized carbons (Fsp3) is 0.200. The highest BCUT2D eigenvalue weighted by Crippen LogP contribution is 2.24. The summed E-state index contributed by atoms with van der Waals surface area (Å²) < 4.78 is 23.1. The fourth-order valence-electron chi connectivity index (χ4n) is 1.83. The highest BCUT2D eigenvalue weighted by Gasteiger charge is 2.08. The first-order valence-electron chi connectivity index (χ1n) is 5.76. The third-order valence-electron chi connectivity index (χ3n) is 3.10. The van der Waals surface area contributed by atoms with Crippen LogP contribution >= 0.6 is 0 Å². The highest BCUT2D eigenvalue weighted by molar-refractivity contribution is 7.90. The largest absolute Gasteiger partial charge is 0.224 e. The molecule has 0 unspecified atom stereocenters. The summed E-state index contributed by atoms with van der Waals surface area (Å²) in [6.45, 7) is 4.12. The normalized spacial score (nSPS) is 11.5. The van der Waals surface area contributed by atoms with Gasteiger partial charge >= 0.3 is 0 Å². The summed E-state index contributed by atoms with van der Waals surface area (Å²) in [6, 6.07) is 13.2. The molecule has 0 aliphatic heterocycles. The predicted octanol–water partition coefficient (Wildman–Crippen LogP) is 3.37. The molecule has 0 heterocycles. The van der Waals surface area contributed by atoms with Gasteiger partial charge < -0.3 is 0 Å². The van der Waals surface area contributed by atoms with Crippen LogP contribution in [0.2, 0.25) is 0 Å². The predicted molar refractivity (Wildman–Crippen MR) is 74.5 cm³/mol. The van der Waals surface area contributed by atoms with Crippen molar-refractivity contribution in [3.63, 3.8) is 0 Å². The molecule has 0 atom stereocenters. The maximum Gasteiger partial charge on any atom is 0.175 e. The van der Waals surface area contributed by atoms with E-state index in [0.29, 0.717) is 4.90 Å². The zero-order chi connectivity index (χ0) is 13.3. The van der Waals surface area contributed by atoms with Gasteiger partial charge in [-0.3, -0.25) is 0 Å². The molecule has 0 saturated carbocycles. The maximum absolute atomic E-state index is 11.5. The van der Waals surface area contributed by atoms with Crippen LogP contribution in [-0.4, -0.2) is 14.7 Å². The topological polar surface area (TPSA) is 34.1 Å². The molecular formula is C15H16O2S. The molecule has 2 aromatic rings. The van der Waals surface area contributed by atoms with E-state index in [1.807, 2.05) is 12.1 Å². The Kier molecular flexibility index (Phi) is 3.26. The van der Waals surface area contributed by atoms with E-state index in [9.17, 15) is 8.42 Å². The SMILES string of the molecule is Cc1ccc(-c2cccc(S(C)(=O)=O)c2)cc1C. The molecule has 0 radical (unpaired) electrons. The summed E-state index contributed by atoms with van der Waals surface area (Å²) in [7, 11) is -3.15. The van der Waals surface area contributed by atoms with E-state index in [2.05, 4.69) is 26.0 Å². The smallest absolute Gasteiger partial charge is 0.175 e. The van der Waals surface area contributed by atoms with E-state index < -0.39 is 9.84 Å². The van der Waals surface area contributed by atoms with Crippen molar-refractivity contribution < 1.29 is 8.42 Å². The first-order chi connectivity index (χ1) is 8.38. The van der Waals surface area contributed by atoms with Gasteiger partial charge in [0, 0.05) is 6.26 Å². The van der Waals surface area contributed by atoms with E-state index >= 15 is 0 Å². The number of benzene rings is 2. The molecule has 0 N–H and O–H groups in total. The lowest BCUT2D eigenvalue weighted by molar-refractivity contribution is 0.602. The fourth-order valence-corrected chi connectivity index (χ4v) is 2.49. The van der Waals surface area contributed by atoms with Crippen molar-refractivity contribution in [3.05, 3.63) is 53.6 Å². The molecule has 0 saturated heterocycles. The van der Waals surface area contributed by atoms with Crippen LogP contribution in [-0.2, 0) is 9.84 Å². The lowest BCUT2D eigenvalue weighted by Crippen LogP contribution is -1.96. The summed E-state index contributed by atoms with van der Waals surface area (Å²) >= 11 is 0. The first kappa shape index (κ1) is 12.8. The Morgan fingerprint density at radius 1 is 0.833 bits per heavy atom. The summed E-state index contributed by atoms with van der Waals surface area (Å²) in [5.41, 5.74) is 4.42. The van der Waals surface area contributed by atoms with Gasteiger partial charge in [0.25, 0.3) is 0 Å². The minimum absolute atomic E-state index is 0.359. The Bertz CT molecular complexity index is 685. The summed E-state index contributed by atoms with van der Waals surface area (Å²) in [5.74, 6) is 0. The molecule has 0 bridgehead atoms. The molecule has 0 spiro atoms. The van der Waals surface area contributed by atoms with Crippen LogP contribution in [0, 0.1) is 13.8 Å². The van der Waals surface area contributed by atoms with Crippen LogP contribution in [0.15, 0.2) is 47.4 Å². The van der Waals surface area contributed by atoms with E-state index in [1.165, 1.54) is 17.4 Å². The minimum Gasteiger partial charge on any atom is -0.224 e. The number of aryl methyl sites for hydroxylation is 2. The lowest BCUT2D eigenvalue weighted by atomic mass is 10.0. The third kappa shape index (κ3) is 2.62. The van der Waals surface area contributed by atoms with Crippen LogP contribution in [0.3, 0.4) is 0 Å². The maximum atomic E-state index is 11.5. The molecular weight excluding hydrogens is 244 g/mol. The molecule has 94 valence electrons. The van der Waals surface area contributed by atoms with Gasteiger partial charge in [0.1, 0.15) is 0 Å². The van der Waals surface area contributed by atoms with Crippen molar-refractivity contribution in [3.8, 4) is 11.1 Å². The Balaban J connectivity index is 2.55. The van der Waals surface area contributed by atoms with Gasteiger partial charge in [0.15, 0.2) is 9.84 Å². The monoisotopic (exact) mass is 260 g/mol. The van der Waals surface area contributed by atoms with E-state index in [1.54, 1.807) is 18.2 Å². The van der Waals surface area contributed by atoms with Gasteiger partial charge in [-0.15, -0.1) is 0 Å². The minimum atomic E-state index is -3.15. The molecule has 0 fully saturated rings. The molecule has 2 nitrogen and oxygen atoms in total. The van der Waals surface area contributed by atoms with Crippen LogP contribution in [0.5, 0.6) is 0 Å². The van der Waals surface area contributed by atoms with Crippen molar-refractivity contribution in [2.45, 2.75) is 18.7 Å². The second-order valence-corrected chi connectivity index (χ2v) is 6.61. The molecule has 0 aliphatic carbocycles. The zero-order valence-corrected chi connectivity index (χ0v) is 11.6. The van der Waals surface area contributed by atoms with Crippen LogP contribution in [0.1, 0.15) is 11.1 Å². The molecule has 3 heteroatoms. The van der Waals surface area contributed by atoms with Crippen molar-refractivity contribution in [1.82, 2.24) is 0 Å². The second kappa shape index (κ2) is 4.58. The van der Waals surface area contributed by atoms with Crippen molar-refractivity contribution in [2.24, 2.45) is 0 Å². The summed E-state index contributed by atoms with van der Waals surface area (Å²) in [5, 5.41) is 0. The standard InChI is InChI=1S/C15H16O2S/c1-11-7-8-14(9-12(11)2)13-5-4-6-15(10-13)18(3,16)17/h4-10H,1-3H3. The van der Waals surface area contributed by atoms with Gasteiger partial charge in [0.2, 0.25) is 0 Å². The van der Waals surface area contributed by atoms with Gasteiger partial charge in [-0.2, -0.15) is 0 Å². The highest BCUT2D eigenvalue weighted by atomic mass is 32.2. The molecule has 0 aliphatic rings. The molecule has 0 aromatic heterocycles. The zero-order valence-electron chi connectivity index (χ0n) is 10.8. The van der Waals surface area contributed by atoms with Gasteiger partial charge in [0.05, 0.1) is 4.90 Å². The average molecular weight is 260 g/mol. The van der Waals surface area contributed by atoms with Crippen LogP contribution < -0.4 is 0 Å². The summed E-state index contributed by atoms with van der Waals surface area (Å²) in [4.78, 5) is 0.359. The Morgan fingerprint density at radius 3 is 2.11 bits per heavy atom. The van der Waals surface area contributed by atoms with Crippen molar-refractivity contribution in [1.29, 1.82) is 0 Å². The Morgan fingerprint density at radius 2 is 1.50 bits per heavy atom. The second-order valence-electron chi connectivity index (χ2n) is 4.60. The van der Waals surface area contributed by atoms with Crippen LogP contribution in [0.25, 0.3) is 11.1 Å². The van der Waals surface area contributed by atoms with E-state index in [0.717, 1.165) is 11.1 Å². The number of hydrogen-bond donors (Lipinski definition) is 0. The van der Waals surface area contributed by atoms with Gasteiger partial charge in [-0.1, -0.05) is 30.3 Å². The Hall–Kier alpha value is -1.61. The number of sulfone groups is 1. The molecule has 2 rings (SSSR count). The van der Waals surface area contributed by atoms with Gasteiger partial charge in [-0.05, 0) is 48.2 Å². The van der Waals surface area contributed by atoms with E-state index in [4.69, 9.17) is 0 Å². The quantitative estimate of drug-likeness (QED) is 0.829. The lowest BCUT2D eigenvalue weighted by Gasteiger charge is -2.07. The molecule has 0 amide bonds. The van der Waals surface area contributed by atoms with Gasteiger partial charge in [-0.25, -0.2) is 8.42 Å². The van der Waals surface area contributed by atoms with Crippen molar-refractivity contribution >= 4 is 9.84 Å². The van der Waals surface area contributed by atoms with Crippen molar-refractivity contribution in [2.75, 3.05) is 6.26 Å². The molecule has 2 aromatic carbocycles. The third-order valence-corrected chi connectivity index (χ3v) is 4.21. The van der Waals surface area contributed by atoms with E-state index in [-0.39, 0.29) is 0 Å². The first-order valence-corrected chi connectivity index (χ1v) is 7.65.